The first-order valence-electron chi connectivity index (χ1n) is 6.94. The molecule has 0 bridgehead atoms. The summed E-state index contributed by atoms with van der Waals surface area (Å²) < 4.78 is 25.2. The second-order valence-electron chi connectivity index (χ2n) is 5.23. The monoisotopic (exact) mass is 434 g/mol. The van der Waals surface area contributed by atoms with E-state index in [1.165, 1.54) is 4.68 Å². The summed E-state index contributed by atoms with van der Waals surface area (Å²) in [6.07, 6.45) is 0. The number of aromatic nitrogens is 2. The van der Waals surface area contributed by atoms with E-state index in [2.05, 4.69) is 5.10 Å². The van der Waals surface area contributed by atoms with Crippen LogP contribution >= 0.6 is 45.5 Å². The lowest BCUT2D eigenvalue weighted by Crippen LogP contribution is -2.01. The van der Waals surface area contributed by atoms with Gasteiger partial charge < -0.3 is 0 Å². The van der Waals surface area contributed by atoms with Gasteiger partial charge in [-0.15, -0.1) is 0 Å². The SMILES string of the molecule is Cc1c(S(=O)(=O)Cl)nn(-c2ccc(Cl)cc2Cl)c1-c1ccc(Cl)cc1. The Morgan fingerprint density at radius 3 is 2.12 bits per heavy atom. The number of nitrogens with zero attached hydrogens (tertiary/aromatic N) is 2. The number of halogens is 4. The fraction of sp³-hybridized carbons (Fsp3) is 0.0625. The molecule has 4 nitrogen and oxygen atoms in total. The highest BCUT2D eigenvalue weighted by molar-refractivity contribution is 8.13. The van der Waals surface area contributed by atoms with Crippen molar-refractivity contribution in [3.63, 3.8) is 0 Å². The zero-order valence-electron chi connectivity index (χ0n) is 12.7. The van der Waals surface area contributed by atoms with Gasteiger partial charge in [0.1, 0.15) is 0 Å². The van der Waals surface area contributed by atoms with E-state index in [0.29, 0.717) is 37.6 Å². The molecule has 0 fully saturated rings. The number of hydrogen-bond donors (Lipinski definition) is 0. The van der Waals surface area contributed by atoms with Gasteiger partial charge in [0, 0.05) is 31.9 Å². The minimum Gasteiger partial charge on any atom is -0.230 e. The second kappa shape index (κ2) is 6.82. The molecule has 0 amide bonds. The highest BCUT2D eigenvalue weighted by Crippen LogP contribution is 2.35. The molecule has 0 saturated carbocycles. The first-order chi connectivity index (χ1) is 11.7. The Morgan fingerprint density at radius 2 is 1.56 bits per heavy atom. The molecule has 0 saturated heterocycles. The van der Waals surface area contributed by atoms with Gasteiger partial charge in [0.05, 0.1) is 16.4 Å². The van der Waals surface area contributed by atoms with Gasteiger partial charge in [-0.2, -0.15) is 5.10 Å². The van der Waals surface area contributed by atoms with Gasteiger partial charge in [0.15, 0.2) is 5.03 Å². The predicted molar refractivity (Wildman–Crippen MR) is 102 cm³/mol. The van der Waals surface area contributed by atoms with E-state index < -0.39 is 9.05 Å². The van der Waals surface area contributed by atoms with Crippen LogP contribution in [0.2, 0.25) is 15.1 Å². The quantitative estimate of drug-likeness (QED) is 0.493. The Balaban J connectivity index is 2.35. The fourth-order valence-corrected chi connectivity index (χ4v) is 4.18. The van der Waals surface area contributed by atoms with Gasteiger partial charge in [-0.25, -0.2) is 13.1 Å². The van der Waals surface area contributed by atoms with Gasteiger partial charge >= 0.3 is 0 Å². The van der Waals surface area contributed by atoms with Crippen molar-refractivity contribution in [1.82, 2.24) is 9.78 Å². The molecule has 0 N–H and O–H groups in total. The van der Waals surface area contributed by atoms with Crippen LogP contribution in [0.5, 0.6) is 0 Å². The van der Waals surface area contributed by atoms with E-state index in [0.717, 1.165) is 0 Å². The van der Waals surface area contributed by atoms with E-state index in [1.54, 1.807) is 49.4 Å². The van der Waals surface area contributed by atoms with Crippen LogP contribution < -0.4 is 0 Å². The maximum Gasteiger partial charge on any atom is 0.280 e. The average molecular weight is 436 g/mol. The van der Waals surface area contributed by atoms with Crippen LogP contribution in [-0.2, 0) is 9.05 Å². The van der Waals surface area contributed by atoms with Gasteiger partial charge in [-0.3, -0.25) is 0 Å². The van der Waals surface area contributed by atoms with Crippen LogP contribution in [0.4, 0.5) is 0 Å². The normalized spacial score (nSPS) is 11.7. The number of rotatable bonds is 3. The Hall–Kier alpha value is -1.24. The molecule has 0 radical (unpaired) electrons. The van der Waals surface area contributed by atoms with Crippen LogP contribution in [0.15, 0.2) is 47.5 Å². The summed E-state index contributed by atoms with van der Waals surface area (Å²) in [5.74, 6) is 0. The lowest BCUT2D eigenvalue weighted by molar-refractivity contribution is 0.603. The Bertz CT molecular complexity index is 1060. The minimum atomic E-state index is -4.04. The van der Waals surface area contributed by atoms with Crippen LogP contribution in [0, 0.1) is 6.92 Å². The molecule has 3 rings (SSSR count). The molecule has 2 aromatic carbocycles. The Kier molecular flexibility index (Phi) is 5.06. The highest BCUT2D eigenvalue weighted by Gasteiger charge is 2.25. The molecule has 0 aliphatic heterocycles. The number of hydrogen-bond acceptors (Lipinski definition) is 3. The van der Waals surface area contributed by atoms with Crippen molar-refractivity contribution in [3.8, 4) is 16.9 Å². The van der Waals surface area contributed by atoms with Crippen molar-refractivity contribution >= 4 is 54.5 Å². The van der Waals surface area contributed by atoms with Crippen molar-refractivity contribution in [2.45, 2.75) is 11.9 Å². The summed E-state index contributed by atoms with van der Waals surface area (Å²) >= 11 is 18.2. The van der Waals surface area contributed by atoms with Crippen LogP contribution in [-0.4, -0.2) is 18.2 Å². The summed E-state index contributed by atoms with van der Waals surface area (Å²) in [6.45, 7) is 1.63. The maximum atomic E-state index is 11.9. The van der Waals surface area contributed by atoms with Crippen molar-refractivity contribution < 1.29 is 8.42 Å². The molecule has 0 unspecified atom stereocenters. The zero-order valence-corrected chi connectivity index (χ0v) is 16.5. The molecule has 25 heavy (non-hydrogen) atoms. The van der Waals surface area contributed by atoms with Crippen LogP contribution in [0.25, 0.3) is 16.9 Å². The average Bonchev–Trinajstić information content (AvgIpc) is 2.85. The third-order valence-corrected chi connectivity index (χ3v) is 5.64. The standard InChI is InChI=1S/C16H10Cl4N2O2S/c1-9-15(10-2-4-11(17)5-3-10)22(21-16(9)25(20,23)24)14-7-6-12(18)8-13(14)19/h2-8H,1H3. The van der Waals surface area contributed by atoms with E-state index in [1.807, 2.05) is 0 Å². The molecule has 130 valence electrons. The largest absolute Gasteiger partial charge is 0.280 e. The van der Waals surface area contributed by atoms with Gasteiger partial charge in [-0.1, -0.05) is 46.9 Å². The fourth-order valence-electron chi connectivity index (χ4n) is 2.48. The van der Waals surface area contributed by atoms with Crippen molar-refractivity contribution in [3.05, 3.63) is 63.1 Å². The molecular weight excluding hydrogens is 426 g/mol. The molecule has 0 aliphatic rings. The summed E-state index contributed by atoms with van der Waals surface area (Å²) in [6, 6.07) is 11.8. The van der Waals surface area contributed by atoms with Gasteiger partial charge in [0.25, 0.3) is 9.05 Å². The molecule has 1 aromatic heterocycles. The Labute approximate surface area is 164 Å². The molecule has 0 spiro atoms. The van der Waals surface area contributed by atoms with E-state index in [4.69, 9.17) is 45.5 Å². The summed E-state index contributed by atoms with van der Waals surface area (Å²) in [7, 11) is 1.50. The third kappa shape index (κ3) is 3.66. The highest BCUT2D eigenvalue weighted by atomic mass is 35.7. The topological polar surface area (TPSA) is 52.0 Å². The lowest BCUT2D eigenvalue weighted by atomic mass is 10.1. The Morgan fingerprint density at radius 1 is 0.960 bits per heavy atom. The molecular formula is C16H10Cl4N2O2S. The predicted octanol–water partition coefficient (Wildman–Crippen LogP) is 5.74. The van der Waals surface area contributed by atoms with Crippen molar-refractivity contribution in [2.75, 3.05) is 0 Å². The van der Waals surface area contributed by atoms with E-state index >= 15 is 0 Å². The van der Waals surface area contributed by atoms with Crippen molar-refractivity contribution in [2.24, 2.45) is 0 Å². The maximum absolute atomic E-state index is 11.9. The molecule has 1 heterocycles. The van der Waals surface area contributed by atoms with E-state index in [9.17, 15) is 8.42 Å². The molecule has 3 aromatic rings. The first-order valence-corrected chi connectivity index (χ1v) is 10.4. The van der Waals surface area contributed by atoms with Gasteiger partial charge in [0.2, 0.25) is 0 Å². The molecule has 9 heteroatoms. The summed E-state index contributed by atoms with van der Waals surface area (Å²) in [4.78, 5) is 0. The molecule has 0 aliphatic carbocycles. The van der Waals surface area contributed by atoms with Gasteiger partial charge in [-0.05, 0) is 37.3 Å². The minimum absolute atomic E-state index is 0.231. The van der Waals surface area contributed by atoms with Crippen LogP contribution in [0.3, 0.4) is 0 Å². The third-order valence-electron chi connectivity index (χ3n) is 3.57. The first kappa shape index (κ1) is 18.5. The zero-order chi connectivity index (χ0) is 18.4. The van der Waals surface area contributed by atoms with E-state index in [-0.39, 0.29) is 5.03 Å². The van der Waals surface area contributed by atoms with Crippen LogP contribution in [0.1, 0.15) is 5.56 Å². The smallest absolute Gasteiger partial charge is 0.230 e. The molecule has 0 atom stereocenters. The number of benzene rings is 2. The summed E-state index contributed by atoms with van der Waals surface area (Å²) in [5.41, 5.74) is 2.14. The van der Waals surface area contributed by atoms with Crippen molar-refractivity contribution in [1.29, 1.82) is 0 Å². The lowest BCUT2D eigenvalue weighted by Gasteiger charge is -2.10. The second-order valence-corrected chi connectivity index (χ2v) is 8.99. The summed E-state index contributed by atoms with van der Waals surface area (Å²) in [5, 5.41) is 5.28.